The third-order valence-corrected chi connectivity index (χ3v) is 10.2. The van der Waals surface area contributed by atoms with Crippen molar-refractivity contribution in [3.05, 3.63) is 51.6 Å². The lowest BCUT2D eigenvalue weighted by molar-refractivity contribution is -0.262. The maximum atomic E-state index is 13.9. The zero-order valence-corrected chi connectivity index (χ0v) is 27.1. The van der Waals surface area contributed by atoms with Gasteiger partial charge in [0.15, 0.2) is 12.1 Å². The first-order valence-corrected chi connectivity index (χ1v) is 15.4. The van der Waals surface area contributed by atoms with Crippen LogP contribution in [0.5, 0.6) is 17.2 Å². The van der Waals surface area contributed by atoms with Gasteiger partial charge in [-0.15, -0.1) is 12.4 Å². The Bertz CT molecular complexity index is 1510. The van der Waals surface area contributed by atoms with Gasteiger partial charge in [-0.25, -0.2) is 0 Å². The Morgan fingerprint density at radius 2 is 1.72 bits per heavy atom. The molecule has 6 rings (SSSR count). The summed E-state index contributed by atoms with van der Waals surface area (Å²) >= 11 is 0. The lowest BCUT2D eigenvalue weighted by atomic mass is 9.71. The maximum absolute atomic E-state index is 13.9. The minimum atomic E-state index is -1.81. The summed E-state index contributed by atoms with van der Waals surface area (Å²) in [4.78, 5) is 29.7. The highest BCUT2D eigenvalue weighted by molar-refractivity contribution is 6.31. The van der Waals surface area contributed by atoms with Gasteiger partial charge in [0.05, 0.1) is 59.9 Å². The van der Waals surface area contributed by atoms with Crippen LogP contribution in [0.2, 0.25) is 0 Å². The van der Waals surface area contributed by atoms with Crippen molar-refractivity contribution in [2.45, 2.75) is 94.4 Å². The molecule has 0 radical (unpaired) electrons. The van der Waals surface area contributed by atoms with Crippen LogP contribution in [0.4, 0.5) is 0 Å². The molecule has 2 saturated heterocycles. The number of nitrogens with zero attached hydrogens (tertiary/aromatic N) is 1. The van der Waals surface area contributed by atoms with E-state index in [1.54, 1.807) is 20.1 Å². The lowest BCUT2D eigenvalue weighted by Crippen LogP contribution is -2.57. The number of ketones is 2. The fourth-order valence-electron chi connectivity index (χ4n) is 7.48. The summed E-state index contributed by atoms with van der Waals surface area (Å²) in [6, 6.07) is 4.22. The van der Waals surface area contributed by atoms with Crippen molar-refractivity contribution < 1.29 is 54.1 Å². The van der Waals surface area contributed by atoms with E-state index in [2.05, 4.69) is 4.90 Å². The number of hydrogen-bond donors (Lipinski definition) is 5. The summed E-state index contributed by atoms with van der Waals surface area (Å²) in [5.74, 6) is -2.35. The quantitative estimate of drug-likeness (QED) is 0.244. The van der Waals surface area contributed by atoms with Crippen LogP contribution in [0.1, 0.15) is 88.6 Å². The fourth-order valence-corrected chi connectivity index (χ4v) is 7.48. The molecule has 0 spiro atoms. The largest absolute Gasteiger partial charge is 0.507 e. The molecule has 4 aliphatic rings. The number of phenols is 2. The molecule has 7 atom stereocenters. The number of halogens is 1. The van der Waals surface area contributed by atoms with Crippen LogP contribution in [-0.4, -0.2) is 112 Å². The number of hydrogen-bond acceptors (Lipinski definition) is 12. The highest BCUT2D eigenvalue weighted by Gasteiger charge is 2.50. The van der Waals surface area contributed by atoms with Gasteiger partial charge in [-0.05, 0) is 32.8 Å². The Balaban J connectivity index is 0.00000417. The minimum Gasteiger partial charge on any atom is -0.507 e. The van der Waals surface area contributed by atoms with Gasteiger partial charge in [0.1, 0.15) is 17.2 Å². The average Bonchev–Trinajstić information content (AvgIpc) is 3.02. The number of aliphatic hydroxyl groups excluding tert-OH is 2. The summed E-state index contributed by atoms with van der Waals surface area (Å²) < 4.78 is 23.3. The Morgan fingerprint density at radius 1 is 1.04 bits per heavy atom. The van der Waals surface area contributed by atoms with Gasteiger partial charge in [-0.1, -0.05) is 12.1 Å². The van der Waals surface area contributed by atoms with Crippen LogP contribution < -0.4 is 4.74 Å². The summed E-state index contributed by atoms with van der Waals surface area (Å²) in [5.41, 5.74) is -2.54. The summed E-state index contributed by atoms with van der Waals surface area (Å²) in [6.45, 7) is 4.58. The molecule has 2 heterocycles. The van der Waals surface area contributed by atoms with E-state index in [9.17, 15) is 35.1 Å². The third-order valence-electron chi connectivity index (χ3n) is 10.2. The molecule has 13 heteroatoms. The third kappa shape index (κ3) is 5.58. The number of carbonyl (C=O) groups excluding carboxylic acids is 2. The first kappa shape index (κ1) is 34.5. The van der Waals surface area contributed by atoms with Crippen molar-refractivity contribution in [1.29, 1.82) is 0 Å². The Morgan fingerprint density at radius 3 is 2.35 bits per heavy atom. The number of rotatable bonds is 6. The standard InChI is InChI=1S/C33H41NO11.ClH/c1-15-28(36)20(34-10-8-17(42-3)9-11-34)12-23(44-15)45-22-14-33(41,16(2)35)13-19-25(22)32(40)27-26(30(19)38)29(37)18-6-5-7-21(43-4)24(18)31(27)39;/h5-7,15-17,20,22-23,28,35-36,38,40-41H,8-14H2,1-4H3;1H/t15-,16?,20-,22?,23-,28+,33-;/m0./s1. The lowest BCUT2D eigenvalue weighted by Gasteiger charge is -2.47. The van der Waals surface area contributed by atoms with Crippen LogP contribution in [0.25, 0.3) is 0 Å². The second kappa shape index (κ2) is 13.0. The smallest absolute Gasteiger partial charge is 0.202 e. The number of phenolic OH excluding ortho intramolecular Hbond substituents is 2. The molecule has 2 aliphatic carbocycles. The number of piperidine rings is 1. The Kier molecular flexibility index (Phi) is 9.76. The highest BCUT2D eigenvalue weighted by Crippen LogP contribution is 2.53. The molecule has 2 aromatic rings. The predicted octanol–water partition coefficient (Wildman–Crippen LogP) is 2.39. The second-order valence-corrected chi connectivity index (χ2v) is 12.7. The molecule has 0 aromatic heterocycles. The fraction of sp³-hybridized carbons (Fsp3) is 0.576. The number of aliphatic hydroxyl groups is 3. The monoisotopic (exact) mass is 663 g/mol. The molecule has 2 aliphatic heterocycles. The van der Waals surface area contributed by atoms with Crippen molar-refractivity contribution in [3.63, 3.8) is 0 Å². The van der Waals surface area contributed by atoms with Crippen LogP contribution in [0.15, 0.2) is 18.2 Å². The van der Waals surface area contributed by atoms with Crippen molar-refractivity contribution in [3.8, 4) is 17.2 Å². The summed E-state index contributed by atoms with van der Waals surface area (Å²) in [5, 5.41) is 56.6. The van der Waals surface area contributed by atoms with Crippen molar-refractivity contribution in [2.75, 3.05) is 27.3 Å². The van der Waals surface area contributed by atoms with Gasteiger partial charge in [0, 0.05) is 62.2 Å². The van der Waals surface area contributed by atoms with E-state index in [0.29, 0.717) is 0 Å². The average molecular weight is 664 g/mol. The predicted molar refractivity (Wildman–Crippen MR) is 166 cm³/mol. The van der Waals surface area contributed by atoms with E-state index in [4.69, 9.17) is 18.9 Å². The molecule has 46 heavy (non-hydrogen) atoms. The van der Waals surface area contributed by atoms with Crippen LogP contribution in [-0.2, 0) is 20.6 Å². The number of aromatic hydroxyl groups is 2. The zero-order chi connectivity index (χ0) is 32.4. The van der Waals surface area contributed by atoms with Crippen molar-refractivity contribution in [1.82, 2.24) is 4.90 Å². The van der Waals surface area contributed by atoms with E-state index in [1.807, 2.05) is 0 Å². The van der Waals surface area contributed by atoms with E-state index >= 15 is 0 Å². The summed E-state index contributed by atoms with van der Waals surface area (Å²) in [6.07, 6.45) is -3.20. The molecule has 5 N–H and O–H groups in total. The van der Waals surface area contributed by atoms with E-state index < -0.39 is 59.4 Å². The molecule has 0 saturated carbocycles. The molecule has 0 bridgehead atoms. The normalized spacial score (nSPS) is 30.5. The number of methoxy groups -OCH3 is 2. The second-order valence-electron chi connectivity index (χ2n) is 12.7. The van der Waals surface area contributed by atoms with Gasteiger partial charge in [-0.2, -0.15) is 0 Å². The zero-order valence-electron chi connectivity index (χ0n) is 26.3. The van der Waals surface area contributed by atoms with Crippen LogP contribution in [0, 0.1) is 0 Å². The number of likely N-dealkylation sites (tertiary alicyclic amines) is 1. The van der Waals surface area contributed by atoms with Gasteiger partial charge in [-0.3, -0.25) is 14.5 Å². The van der Waals surface area contributed by atoms with Crippen LogP contribution in [0.3, 0.4) is 0 Å². The highest BCUT2D eigenvalue weighted by atomic mass is 35.5. The molecule has 2 fully saturated rings. The number of benzene rings is 2. The Hall–Kier alpha value is -2.81. The molecular formula is C33H42ClNO11. The topological polar surface area (TPSA) is 175 Å². The van der Waals surface area contributed by atoms with Crippen LogP contribution >= 0.6 is 12.4 Å². The van der Waals surface area contributed by atoms with Gasteiger partial charge in [0.2, 0.25) is 5.78 Å². The Labute approximate surface area is 273 Å². The minimum absolute atomic E-state index is 0. The molecular weight excluding hydrogens is 622 g/mol. The molecule has 0 amide bonds. The molecule has 252 valence electrons. The number of carbonyl (C=O) groups is 2. The van der Waals surface area contributed by atoms with E-state index in [1.165, 1.54) is 26.2 Å². The van der Waals surface area contributed by atoms with Gasteiger partial charge in [0.25, 0.3) is 0 Å². The molecule has 12 nitrogen and oxygen atoms in total. The van der Waals surface area contributed by atoms with Crippen molar-refractivity contribution >= 4 is 24.0 Å². The van der Waals surface area contributed by atoms with Crippen molar-refractivity contribution in [2.24, 2.45) is 0 Å². The number of ether oxygens (including phenoxy) is 4. The molecule has 2 aromatic carbocycles. The number of fused-ring (bicyclic) bond motifs is 3. The molecule has 2 unspecified atom stereocenters. The van der Waals surface area contributed by atoms with E-state index in [-0.39, 0.29) is 82.9 Å². The van der Waals surface area contributed by atoms with E-state index in [0.717, 1.165) is 25.9 Å². The first-order chi connectivity index (χ1) is 21.4. The summed E-state index contributed by atoms with van der Waals surface area (Å²) in [7, 11) is 3.05. The SMILES string of the molecule is COc1cccc2c1C(=O)c1c(O)c3c(c(O)c1C2=O)C[C@@](O)(C(C)O)CC3O[C@H]1C[C@H](N2CCC(OC)CC2)[C@H](O)[C@H](C)O1.Cl. The first-order valence-electron chi connectivity index (χ1n) is 15.4. The maximum Gasteiger partial charge on any atom is 0.202 e. The van der Waals surface area contributed by atoms with Gasteiger partial charge >= 0.3 is 0 Å². The van der Waals surface area contributed by atoms with Gasteiger partial charge < -0.3 is 44.5 Å².